The lowest BCUT2D eigenvalue weighted by atomic mass is 10.2. The molecule has 0 saturated heterocycles. The van der Waals surface area contributed by atoms with Gasteiger partial charge in [-0.25, -0.2) is 13.8 Å². The second-order valence-electron chi connectivity index (χ2n) is 5.93. The molecule has 7 heteroatoms. The number of nitrogens with zero attached hydrogens (tertiary/aromatic N) is 2. The quantitative estimate of drug-likeness (QED) is 0.467. The normalized spacial score (nSPS) is 10.6. The first kappa shape index (κ1) is 16.5. The number of nitrogens with one attached hydrogen (secondary N) is 3. The summed E-state index contributed by atoms with van der Waals surface area (Å²) in [6.45, 7) is 0. The molecular formula is C20H13F2N5. The average molecular weight is 361 g/mol. The molecule has 0 aliphatic heterocycles. The average Bonchev–Trinajstić information content (AvgIpc) is 3.08. The summed E-state index contributed by atoms with van der Waals surface area (Å²) in [6, 6.07) is 16.0. The van der Waals surface area contributed by atoms with Crippen LogP contribution in [-0.4, -0.2) is 9.97 Å². The van der Waals surface area contributed by atoms with Crippen molar-refractivity contribution in [1.29, 1.82) is 5.26 Å². The lowest BCUT2D eigenvalue weighted by Gasteiger charge is -2.11. The number of nitriles is 1. The Morgan fingerprint density at radius 2 is 1.63 bits per heavy atom. The molecule has 3 N–H and O–H groups in total. The first-order chi connectivity index (χ1) is 13.1. The Labute approximate surface area is 153 Å². The maximum absolute atomic E-state index is 13.4. The second kappa shape index (κ2) is 6.77. The van der Waals surface area contributed by atoms with Gasteiger partial charge in [0.05, 0.1) is 0 Å². The van der Waals surface area contributed by atoms with Gasteiger partial charge in [0.1, 0.15) is 29.2 Å². The molecular weight excluding hydrogens is 348 g/mol. The Morgan fingerprint density at radius 1 is 0.852 bits per heavy atom. The summed E-state index contributed by atoms with van der Waals surface area (Å²) in [5, 5.41) is 16.3. The van der Waals surface area contributed by atoms with Crippen molar-refractivity contribution in [1.82, 2.24) is 9.97 Å². The van der Waals surface area contributed by atoms with Gasteiger partial charge in [0.2, 0.25) is 0 Å². The molecule has 4 aromatic rings. The van der Waals surface area contributed by atoms with Crippen LogP contribution < -0.4 is 10.6 Å². The number of hydrogen-bond acceptors (Lipinski definition) is 4. The number of hydrogen-bond donors (Lipinski definition) is 3. The van der Waals surface area contributed by atoms with Crippen molar-refractivity contribution in [3.63, 3.8) is 0 Å². The number of rotatable bonds is 4. The highest BCUT2D eigenvalue weighted by Crippen LogP contribution is 2.25. The van der Waals surface area contributed by atoms with Crippen LogP contribution in [-0.2, 0) is 0 Å². The van der Waals surface area contributed by atoms with E-state index in [-0.39, 0.29) is 11.4 Å². The molecule has 0 bridgehead atoms. The predicted molar refractivity (Wildman–Crippen MR) is 100 cm³/mol. The molecule has 2 heterocycles. The number of benzene rings is 2. The van der Waals surface area contributed by atoms with Crippen molar-refractivity contribution in [2.75, 3.05) is 10.6 Å². The Morgan fingerprint density at radius 3 is 2.41 bits per heavy atom. The summed E-state index contributed by atoms with van der Waals surface area (Å²) >= 11 is 0. The fraction of sp³-hybridized carbons (Fsp3) is 0. The molecule has 0 unspecified atom stereocenters. The van der Waals surface area contributed by atoms with Crippen LogP contribution in [0, 0.1) is 23.0 Å². The molecule has 132 valence electrons. The number of fused-ring (bicyclic) bond motifs is 1. The van der Waals surface area contributed by atoms with E-state index in [1.54, 1.807) is 6.07 Å². The minimum Gasteiger partial charge on any atom is -0.361 e. The monoisotopic (exact) mass is 361 g/mol. The van der Waals surface area contributed by atoms with Crippen LogP contribution in [0.4, 0.5) is 31.7 Å². The Balaban J connectivity index is 1.64. The van der Waals surface area contributed by atoms with Crippen molar-refractivity contribution < 1.29 is 8.78 Å². The van der Waals surface area contributed by atoms with Gasteiger partial charge in [0, 0.05) is 40.9 Å². The van der Waals surface area contributed by atoms with Gasteiger partial charge in [0.15, 0.2) is 0 Å². The Kier molecular flexibility index (Phi) is 4.15. The summed E-state index contributed by atoms with van der Waals surface area (Å²) in [5.41, 5.74) is 2.64. The van der Waals surface area contributed by atoms with Crippen LogP contribution in [0.25, 0.3) is 10.9 Å². The molecule has 0 fully saturated rings. The number of halogens is 2. The standard InChI is InChI=1S/C20H13F2N5/c21-13-5-14(22)7-16(6-13)25-17-8-18(11-23)27-20(10-17)26-15-2-1-12-3-4-24-19(12)9-15/h1-10,24H,(H2,25,26,27). The van der Waals surface area contributed by atoms with Crippen LogP contribution in [0.5, 0.6) is 0 Å². The molecule has 0 amide bonds. The van der Waals surface area contributed by atoms with E-state index in [1.165, 1.54) is 18.2 Å². The van der Waals surface area contributed by atoms with Crippen LogP contribution in [0.15, 0.2) is 60.8 Å². The van der Waals surface area contributed by atoms with Gasteiger partial charge in [-0.2, -0.15) is 5.26 Å². The van der Waals surface area contributed by atoms with Gasteiger partial charge in [-0.15, -0.1) is 0 Å². The van der Waals surface area contributed by atoms with E-state index in [9.17, 15) is 14.0 Å². The van der Waals surface area contributed by atoms with E-state index in [0.717, 1.165) is 22.7 Å². The molecule has 2 aromatic carbocycles. The molecule has 0 aliphatic carbocycles. The second-order valence-corrected chi connectivity index (χ2v) is 5.93. The first-order valence-electron chi connectivity index (χ1n) is 8.08. The van der Waals surface area contributed by atoms with E-state index in [4.69, 9.17) is 0 Å². The third-order valence-corrected chi connectivity index (χ3v) is 3.92. The molecule has 27 heavy (non-hydrogen) atoms. The smallest absolute Gasteiger partial charge is 0.144 e. The van der Waals surface area contributed by atoms with E-state index < -0.39 is 11.6 Å². The molecule has 0 radical (unpaired) electrons. The van der Waals surface area contributed by atoms with Gasteiger partial charge in [-0.05, 0) is 41.8 Å². The number of pyridine rings is 1. The number of aromatic amines is 1. The van der Waals surface area contributed by atoms with E-state index in [1.807, 2.05) is 36.5 Å². The molecule has 0 spiro atoms. The summed E-state index contributed by atoms with van der Waals surface area (Å²) in [5.74, 6) is -0.950. The van der Waals surface area contributed by atoms with Crippen LogP contribution in [0.1, 0.15) is 5.69 Å². The highest BCUT2D eigenvalue weighted by molar-refractivity contribution is 5.83. The van der Waals surface area contributed by atoms with Gasteiger partial charge in [-0.3, -0.25) is 0 Å². The van der Waals surface area contributed by atoms with Gasteiger partial charge >= 0.3 is 0 Å². The summed E-state index contributed by atoms with van der Waals surface area (Å²) in [7, 11) is 0. The number of anilines is 4. The van der Waals surface area contributed by atoms with Gasteiger partial charge < -0.3 is 15.6 Å². The first-order valence-corrected chi connectivity index (χ1v) is 8.08. The summed E-state index contributed by atoms with van der Waals surface area (Å²) in [6.07, 6.45) is 1.85. The summed E-state index contributed by atoms with van der Waals surface area (Å²) in [4.78, 5) is 7.35. The van der Waals surface area contributed by atoms with E-state index in [0.29, 0.717) is 11.5 Å². The van der Waals surface area contributed by atoms with Gasteiger partial charge in [0.25, 0.3) is 0 Å². The third-order valence-electron chi connectivity index (χ3n) is 3.92. The van der Waals surface area contributed by atoms with E-state index >= 15 is 0 Å². The topological polar surface area (TPSA) is 76.5 Å². The maximum atomic E-state index is 13.4. The van der Waals surface area contributed by atoms with Crippen molar-refractivity contribution >= 4 is 33.8 Å². The Bertz CT molecular complexity index is 1160. The predicted octanol–water partition coefficient (Wildman–Crippen LogP) is 5.20. The number of H-pyrrole nitrogens is 1. The van der Waals surface area contributed by atoms with Gasteiger partial charge in [-0.1, -0.05) is 6.07 Å². The lowest BCUT2D eigenvalue weighted by Crippen LogP contribution is -1.99. The zero-order chi connectivity index (χ0) is 18.8. The number of aromatic nitrogens is 2. The molecule has 5 nitrogen and oxygen atoms in total. The molecule has 0 aliphatic rings. The van der Waals surface area contributed by atoms with Crippen LogP contribution in [0.2, 0.25) is 0 Å². The van der Waals surface area contributed by atoms with Crippen molar-refractivity contribution in [3.8, 4) is 6.07 Å². The third kappa shape index (κ3) is 3.70. The minimum atomic E-state index is -0.690. The van der Waals surface area contributed by atoms with Crippen LogP contribution in [0.3, 0.4) is 0 Å². The minimum absolute atomic E-state index is 0.167. The van der Waals surface area contributed by atoms with Crippen molar-refractivity contribution in [2.45, 2.75) is 0 Å². The summed E-state index contributed by atoms with van der Waals surface area (Å²) < 4.78 is 26.8. The Hall–Kier alpha value is -3.92. The fourth-order valence-corrected chi connectivity index (χ4v) is 2.79. The zero-order valence-electron chi connectivity index (χ0n) is 13.9. The highest BCUT2D eigenvalue weighted by Gasteiger charge is 2.07. The molecule has 0 atom stereocenters. The zero-order valence-corrected chi connectivity index (χ0v) is 13.9. The molecule has 0 saturated carbocycles. The fourth-order valence-electron chi connectivity index (χ4n) is 2.79. The van der Waals surface area contributed by atoms with Crippen LogP contribution >= 0.6 is 0 Å². The van der Waals surface area contributed by atoms with E-state index in [2.05, 4.69) is 20.6 Å². The van der Waals surface area contributed by atoms with Crippen molar-refractivity contribution in [2.24, 2.45) is 0 Å². The lowest BCUT2D eigenvalue weighted by molar-refractivity contribution is 0.584. The highest BCUT2D eigenvalue weighted by atomic mass is 19.1. The SMILES string of the molecule is N#Cc1cc(Nc2cc(F)cc(F)c2)cc(Nc2ccc3cc[nH]c3c2)n1. The molecule has 4 rings (SSSR count). The maximum Gasteiger partial charge on any atom is 0.144 e. The molecule has 2 aromatic heterocycles. The van der Waals surface area contributed by atoms with Crippen molar-refractivity contribution in [3.05, 3.63) is 78.1 Å². The largest absolute Gasteiger partial charge is 0.361 e.